The Bertz CT molecular complexity index is 1700. The SMILES string of the molecule is O=C1CC(CNc2nc(OCC34CCCN3CCC4)nc3c(F)c(-c4cccc5cccc(F)c45)ncc23)C(=O)N1. The number of carbonyl (C=O) groups excluding carboxylic acids is 2. The Hall–Kier alpha value is -4.25. The molecule has 2 N–H and O–H groups in total. The smallest absolute Gasteiger partial charge is 0.319 e. The van der Waals surface area contributed by atoms with Gasteiger partial charge in [0.05, 0.1) is 16.8 Å². The van der Waals surface area contributed by atoms with Crippen LogP contribution >= 0.6 is 0 Å². The maximum absolute atomic E-state index is 16.3. The summed E-state index contributed by atoms with van der Waals surface area (Å²) in [5.74, 6) is -2.26. The van der Waals surface area contributed by atoms with E-state index in [9.17, 15) is 14.0 Å². The number of imide groups is 1. The predicted octanol–water partition coefficient (Wildman–Crippen LogP) is 4.21. The summed E-state index contributed by atoms with van der Waals surface area (Å²) >= 11 is 0. The number of benzene rings is 2. The highest BCUT2D eigenvalue weighted by atomic mass is 19.1. The number of aromatic nitrogens is 3. The highest BCUT2D eigenvalue weighted by Crippen LogP contribution is 2.39. The maximum Gasteiger partial charge on any atom is 0.319 e. The van der Waals surface area contributed by atoms with E-state index in [-0.39, 0.29) is 64.1 Å². The molecule has 5 heterocycles. The molecule has 2 amide bonds. The third-order valence-corrected chi connectivity index (χ3v) is 8.63. The van der Waals surface area contributed by atoms with E-state index in [2.05, 4.69) is 30.5 Å². The molecule has 1 unspecified atom stereocenters. The van der Waals surface area contributed by atoms with Crippen molar-refractivity contribution in [3.05, 3.63) is 54.2 Å². The lowest BCUT2D eigenvalue weighted by Gasteiger charge is -2.31. The van der Waals surface area contributed by atoms with Crippen LogP contribution in [0.25, 0.3) is 32.9 Å². The quantitative estimate of drug-likeness (QED) is 0.325. The van der Waals surface area contributed by atoms with Crippen LogP contribution in [0.1, 0.15) is 32.1 Å². The zero-order chi connectivity index (χ0) is 28.1. The summed E-state index contributed by atoms with van der Waals surface area (Å²) in [6.07, 6.45) is 5.73. The summed E-state index contributed by atoms with van der Waals surface area (Å²) in [7, 11) is 0. The molecule has 4 aromatic rings. The van der Waals surface area contributed by atoms with Gasteiger partial charge in [-0.1, -0.05) is 30.3 Å². The first-order chi connectivity index (χ1) is 19.9. The summed E-state index contributed by atoms with van der Waals surface area (Å²) < 4.78 is 37.4. The average Bonchev–Trinajstić information content (AvgIpc) is 3.64. The number of nitrogens with one attached hydrogen (secondary N) is 2. The van der Waals surface area contributed by atoms with Gasteiger partial charge in [0.25, 0.3) is 0 Å². The van der Waals surface area contributed by atoms with E-state index in [0.717, 1.165) is 38.8 Å². The van der Waals surface area contributed by atoms with Crippen molar-refractivity contribution in [2.45, 2.75) is 37.6 Å². The first kappa shape index (κ1) is 25.7. The van der Waals surface area contributed by atoms with E-state index in [1.54, 1.807) is 30.3 Å². The molecule has 0 saturated carbocycles. The van der Waals surface area contributed by atoms with Crippen molar-refractivity contribution in [1.29, 1.82) is 0 Å². The molecule has 0 spiro atoms. The van der Waals surface area contributed by atoms with Crippen LogP contribution in [0, 0.1) is 17.6 Å². The minimum absolute atomic E-state index is 0.000208. The maximum atomic E-state index is 16.3. The second-order valence-electron chi connectivity index (χ2n) is 11.1. The van der Waals surface area contributed by atoms with Gasteiger partial charge < -0.3 is 10.1 Å². The van der Waals surface area contributed by atoms with E-state index < -0.39 is 17.6 Å². The first-order valence-electron chi connectivity index (χ1n) is 13.9. The van der Waals surface area contributed by atoms with Gasteiger partial charge in [-0.15, -0.1) is 0 Å². The van der Waals surface area contributed by atoms with Crippen molar-refractivity contribution in [1.82, 2.24) is 25.2 Å². The Labute approximate surface area is 234 Å². The standard InChI is InChI=1S/C30H28F2N6O3/c31-21-8-2-6-17-5-1-7-19(23(17)21)25-24(32)26-20(15-33-25)27(34-14-18-13-22(39)35-28(18)40)37-29(36-26)41-16-30-9-3-11-38(30)12-4-10-30/h1-2,5-8,15,18H,3-4,9-14,16H2,(H,34,36,37)(H,35,39,40). The summed E-state index contributed by atoms with van der Waals surface area (Å²) in [4.78, 5) is 39.7. The average molecular weight is 559 g/mol. The van der Waals surface area contributed by atoms with Gasteiger partial charge in [-0.2, -0.15) is 9.97 Å². The van der Waals surface area contributed by atoms with Crippen LogP contribution < -0.4 is 15.4 Å². The molecule has 7 rings (SSSR count). The Balaban J connectivity index is 1.30. The van der Waals surface area contributed by atoms with Crippen LogP contribution in [0.3, 0.4) is 0 Å². The number of nitrogens with zero attached hydrogens (tertiary/aromatic N) is 4. The largest absolute Gasteiger partial charge is 0.461 e. The second-order valence-corrected chi connectivity index (χ2v) is 11.1. The van der Waals surface area contributed by atoms with Crippen LogP contribution in [0.2, 0.25) is 0 Å². The number of fused-ring (bicyclic) bond motifs is 3. The lowest BCUT2D eigenvalue weighted by atomic mass is 9.95. The molecule has 11 heteroatoms. The molecule has 41 heavy (non-hydrogen) atoms. The van der Waals surface area contributed by atoms with E-state index >= 15 is 4.39 Å². The van der Waals surface area contributed by atoms with Crippen LogP contribution in [-0.2, 0) is 9.59 Å². The number of ether oxygens (including phenoxy) is 1. The molecule has 1 atom stereocenters. The molecule has 210 valence electrons. The molecule has 0 radical (unpaired) electrons. The van der Waals surface area contributed by atoms with Gasteiger partial charge in [0.15, 0.2) is 5.82 Å². The van der Waals surface area contributed by atoms with E-state index in [1.165, 1.54) is 12.3 Å². The van der Waals surface area contributed by atoms with Crippen LogP contribution in [-0.4, -0.2) is 63.4 Å². The Morgan fingerprint density at radius 3 is 2.61 bits per heavy atom. The number of rotatable bonds is 7. The highest BCUT2D eigenvalue weighted by molar-refractivity contribution is 6.04. The van der Waals surface area contributed by atoms with Gasteiger partial charge in [-0.3, -0.25) is 24.8 Å². The number of amides is 2. The van der Waals surface area contributed by atoms with Gasteiger partial charge in [0.1, 0.15) is 29.5 Å². The Kier molecular flexibility index (Phi) is 6.26. The Morgan fingerprint density at radius 1 is 1.07 bits per heavy atom. The number of carbonyl (C=O) groups is 2. The van der Waals surface area contributed by atoms with Crippen molar-refractivity contribution in [3.63, 3.8) is 0 Å². The fraction of sp³-hybridized carbons (Fsp3) is 0.367. The number of hydrogen-bond acceptors (Lipinski definition) is 8. The number of anilines is 1. The molecule has 0 bridgehead atoms. The first-order valence-corrected chi connectivity index (χ1v) is 13.9. The molecular formula is C30H28F2N6O3. The molecule has 2 aromatic heterocycles. The molecular weight excluding hydrogens is 530 g/mol. The van der Waals surface area contributed by atoms with Crippen molar-refractivity contribution < 1.29 is 23.1 Å². The van der Waals surface area contributed by atoms with Crippen molar-refractivity contribution in [2.24, 2.45) is 5.92 Å². The molecule has 9 nitrogen and oxygen atoms in total. The zero-order valence-electron chi connectivity index (χ0n) is 22.3. The van der Waals surface area contributed by atoms with E-state index in [0.29, 0.717) is 17.6 Å². The lowest BCUT2D eigenvalue weighted by Crippen LogP contribution is -2.43. The summed E-state index contributed by atoms with van der Waals surface area (Å²) in [6.45, 7) is 2.55. The third kappa shape index (κ3) is 4.44. The molecule has 3 aliphatic heterocycles. The van der Waals surface area contributed by atoms with E-state index in [1.807, 2.05) is 0 Å². The Morgan fingerprint density at radius 2 is 1.85 bits per heavy atom. The van der Waals surface area contributed by atoms with Gasteiger partial charge in [-0.05, 0) is 50.2 Å². The molecule has 3 fully saturated rings. The monoisotopic (exact) mass is 558 g/mol. The topological polar surface area (TPSA) is 109 Å². The zero-order valence-corrected chi connectivity index (χ0v) is 22.3. The van der Waals surface area contributed by atoms with E-state index in [4.69, 9.17) is 4.74 Å². The predicted molar refractivity (Wildman–Crippen MR) is 148 cm³/mol. The summed E-state index contributed by atoms with van der Waals surface area (Å²) in [5, 5.41) is 6.57. The van der Waals surface area contributed by atoms with Gasteiger partial charge >= 0.3 is 6.01 Å². The van der Waals surface area contributed by atoms with Gasteiger partial charge in [0.2, 0.25) is 11.8 Å². The van der Waals surface area contributed by atoms with Crippen molar-refractivity contribution in [2.75, 3.05) is 31.6 Å². The highest BCUT2D eigenvalue weighted by Gasteiger charge is 2.45. The van der Waals surface area contributed by atoms with Crippen LogP contribution in [0.15, 0.2) is 42.6 Å². The third-order valence-electron chi connectivity index (χ3n) is 8.63. The van der Waals surface area contributed by atoms with Gasteiger partial charge in [0, 0.05) is 30.1 Å². The normalized spacial score (nSPS) is 20.1. The lowest BCUT2D eigenvalue weighted by molar-refractivity contribution is -0.125. The minimum Gasteiger partial charge on any atom is -0.461 e. The fourth-order valence-electron chi connectivity index (χ4n) is 6.57. The van der Waals surface area contributed by atoms with Crippen molar-refractivity contribution >= 4 is 39.3 Å². The minimum atomic E-state index is -0.733. The summed E-state index contributed by atoms with van der Waals surface area (Å²) in [6, 6.07) is 9.81. The fourth-order valence-corrected chi connectivity index (χ4v) is 6.57. The number of halogens is 2. The summed E-state index contributed by atoms with van der Waals surface area (Å²) in [5.41, 5.74) is 0.162. The molecule has 3 aliphatic rings. The van der Waals surface area contributed by atoms with Crippen LogP contribution in [0.4, 0.5) is 14.6 Å². The van der Waals surface area contributed by atoms with Crippen LogP contribution in [0.5, 0.6) is 6.01 Å². The molecule has 3 saturated heterocycles. The number of pyridine rings is 1. The van der Waals surface area contributed by atoms with Crippen molar-refractivity contribution in [3.8, 4) is 17.3 Å². The second kappa shape index (κ2) is 9.99. The van der Waals surface area contributed by atoms with Gasteiger partial charge in [-0.25, -0.2) is 8.78 Å². The number of hydrogen-bond donors (Lipinski definition) is 2. The molecule has 0 aliphatic carbocycles. The molecule has 2 aromatic carbocycles.